The van der Waals surface area contributed by atoms with Gasteiger partial charge in [-0.25, -0.2) is 0 Å². The summed E-state index contributed by atoms with van der Waals surface area (Å²) in [6.45, 7) is 2.40. The molecule has 0 unspecified atom stereocenters. The van der Waals surface area contributed by atoms with E-state index in [-0.39, 0.29) is 25.0 Å². The Morgan fingerprint density at radius 1 is 0.972 bits per heavy atom. The molecule has 6 nitrogen and oxygen atoms in total. The molecule has 0 radical (unpaired) electrons. The third-order valence-electron chi connectivity index (χ3n) is 5.55. The van der Waals surface area contributed by atoms with Crippen molar-refractivity contribution in [2.75, 3.05) is 20.3 Å². The minimum Gasteiger partial charge on any atom is -0.497 e. The van der Waals surface area contributed by atoms with Crippen LogP contribution in [0.2, 0.25) is 10.0 Å². The van der Waals surface area contributed by atoms with Crippen molar-refractivity contribution in [2.45, 2.75) is 32.4 Å². The minimum atomic E-state index is -0.748. The van der Waals surface area contributed by atoms with Gasteiger partial charge in [0.25, 0.3) is 5.91 Å². The Balaban J connectivity index is 1.91. The van der Waals surface area contributed by atoms with Crippen molar-refractivity contribution in [3.8, 4) is 11.5 Å². The van der Waals surface area contributed by atoms with E-state index in [2.05, 4.69) is 5.32 Å². The Morgan fingerprint density at radius 3 is 2.42 bits per heavy atom. The summed E-state index contributed by atoms with van der Waals surface area (Å²) in [4.78, 5) is 28.5. The molecule has 1 atom stereocenters. The van der Waals surface area contributed by atoms with E-state index >= 15 is 0 Å². The standard InChI is InChI=1S/C28H30Cl2N2O4/c1-3-14-31-28(34)25(16-20-8-5-4-6-9-20)32(18-21-10-7-11-23(15-21)35-2)27(33)19-36-26-13-12-22(29)17-24(26)30/h4-13,15,17,25H,3,14,16,18-19H2,1-2H3,(H,31,34)/t25-/m0/s1. The molecule has 0 aliphatic rings. The Labute approximate surface area is 222 Å². The van der Waals surface area contributed by atoms with Gasteiger partial charge >= 0.3 is 0 Å². The van der Waals surface area contributed by atoms with Crippen LogP contribution in [0.4, 0.5) is 0 Å². The number of amides is 2. The fourth-order valence-electron chi connectivity index (χ4n) is 3.70. The largest absolute Gasteiger partial charge is 0.497 e. The Morgan fingerprint density at radius 2 is 1.72 bits per heavy atom. The van der Waals surface area contributed by atoms with Crippen LogP contribution in [0.3, 0.4) is 0 Å². The number of nitrogens with one attached hydrogen (secondary N) is 1. The first-order chi connectivity index (χ1) is 17.4. The van der Waals surface area contributed by atoms with Gasteiger partial charge in [-0.3, -0.25) is 9.59 Å². The van der Waals surface area contributed by atoms with Crippen LogP contribution in [-0.4, -0.2) is 43.0 Å². The lowest BCUT2D eigenvalue weighted by Gasteiger charge is -2.31. The highest BCUT2D eigenvalue weighted by atomic mass is 35.5. The summed E-state index contributed by atoms with van der Waals surface area (Å²) in [5, 5.41) is 3.72. The zero-order valence-corrected chi connectivity index (χ0v) is 21.9. The maximum absolute atomic E-state index is 13.6. The number of ether oxygens (including phenoxy) is 2. The van der Waals surface area contributed by atoms with E-state index in [1.165, 1.54) is 0 Å². The van der Waals surface area contributed by atoms with E-state index in [1.807, 2.05) is 61.5 Å². The average molecular weight is 529 g/mol. The van der Waals surface area contributed by atoms with Gasteiger partial charge in [0.15, 0.2) is 6.61 Å². The van der Waals surface area contributed by atoms with Crippen LogP contribution in [0.1, 0.15) is 24.5 Å². The Bertz CT molecular complexity index is 1160. The van der Waals surface area contributed by atoms with Crippen LogP contribution in [0.15, 0.2) is 72.8 Å². The molecule has 3 aromatic carbocycles. The molecule has 0 aliphatic carbocycles. The second kappa shape index (κ2) is 13.8. The third-order valence-corrected chi connectivity index (χ3v) is 6.08. The second-order valence-corrected chi connectivity index (χ2v) is 9.08. The predicted molar refractivity (Wildman–Crippen MR) is 143 cm³/mol. The number of hydrogen-bond acceptors (Lipinski definition) is 4. The van der Waals surface area contributed by atoms with E-state index in [0.29, 0.717) is 34.5 Å². The highest BCUT2D eigenvalue weighted by Gasteiger charge is 2.30. The van der Waals surface area contributed by atoms with Gasteiger partial charge in [-0.05, 0) is 47.9 Å². The summed E-state index contributed by atoms with van der Waals surface area (Å²) in [5.41, 5.74) is 1.77. The van der Waals surface area contributed by atoms with Crippen molar-refractivity contribution in [1.29, 1.82) is 0 Å². The van der Waals surface area contributed by atoms with Gasteiger partial charge in [-0.15, -0.1) is 0 Å². The first kappa shape index (κ1) is 27.4. The number of hydrogen-bond donors (Lipinski definition) is 1. The first-order valence-corrected chi connectivity index (χ1v) is 12.5. The molecule has 36 heavy (non-hydrogen) atoms. The number of carbonyl (C=O) groups excluding carboxylic acids is 2. The fraction of sp³-hybridized carbons (Fsp3) is 0.286. The van der Waals surface area contributed by atoms with Gasteiger partial charge in [0.1, 0.15) is 17.5 Å². The number of halogens is 2. The lowest BCUT2D eigenvalue weighted by Crippen LogP contribution is -2.51. The molecule has 1 N–H and O–H groups in total. The molecule has 0 aliphatic heterocycles. The van der Waals surface area contributed by atoms with Crippen LogP contribution in [0.5, 0.6) is 11.5 Å². The van der Waals surface area contributed by atoms with Gasteiger partial charge in [0, 0.05) is 24.5 Å². The SMILES string of the molecule is CCCNC(=O)[C@H](Cc1ccccc1)N(Cc1cccc(OC)c1)C(=O)COc1ccc(Cl)cc1Cl. The quantitative estimate of drug-likeness (QED) is 0.334. The number of methoxy groups -OCH3 is 1. The molecule has 2 amide bonds. The predicted octanol–water partition coefficient (Wildman–Crippen LogP) is 5.55. The zero-order valence-electron chi connectivity index (χ0n) is 20.4. The van der Waals surface area contributed by atoms with Crippen molar-refractivity contribution in [3.63, 3.8) is 0 Å². The molecule has 0 aromatic heterocycles. The van der Waals surface area contributed by atoms with Gasteiger partial charge in [-0.1, -0.05) is 72.6 Å². The molecule has 3 aromatic rings. The fourth-order valence-corrected chi connectivity index (χ4v) is 4.17. The van der Waals surface area contributed by atoms with Gasteiger partial charge in [0.2, 0.25) is 5.91 Å². The number of nitrogens with zero attached hydrogens (tertiary/aromatic N) is 1. The van der Waals surface area contributed by atoms with Crippen molar-refractivity contribution >= 4 is 35.0 Å². The first-order valence-electron chi connectivity index (χ1n) is 11.7. The molecule has 0 fully saturated rings. The van der Waals surface area contributed by atoms with Gasteiger partial charge < -0.3 is 19.7 Å². The minimum absolute atomic E-state index is 0.199. The molecule has 0 spiro atoms. The molecule has 190 valence electrons. The van der Waals surface area contributed by atoms with E-state index in [9.17, 15) is 9.59 Å². The molecule has 0 bridgehead atoms. The van der Waals surface area contributed by atoms with Gasteiger partial charge in [0.05, 0.1) is 12.1 Å². The molecular weight excluding hydrogens is 499 g/mol. The summed E-state index contributed by atoms with van der Waals surface area (Å²) < 4.78 is 11.1. The third kappa shape index (κ3) is 7.90. The van der Waals surface area contributed by atoms with Crippen LogP contribution >= 0.6 is 23.2 Å². The molecule has 3 rings (SSSR count). The number of rotatable bonds is 12. The van der Waals surface area contributed by atoms with E-state index in [0.717, 1.165) is 17.5 Å². The summed E-state index contributed by atoms with van der Waals surface area (Å²) in [6.07, 6.45) is 1.14. The summed E-state index contributed by atoms with van der Waals surface area (Å²) in [5.74, 6) is 0.433. The average Bonchev–Trinajstić information content (AvgIpc) is 2.89. The van der Waals surface area contributed by atoms with Crippen LogP contribution in [-0.2, 0) is 22.6 Å². The summed E-state index contributed by atoms with van der Waals surface area (Å²) in [7, 11) is 1.59. The van der Waals surface area contributed by atoms with Crippen molar-refractivity contribution in [3.05, 3.63) is 94.0 Å². The zero-order chi connectivity index (χ0) is 25.9. The highest BCUT2D eigenvalue weighted by Crippen LogP contribution is 2.28. The van der Waals surface area contributed by atoms with Crippen molar-refractivity contribution in [2.24, 2.45) is 0 Å². The van der Waals surface area contributed by atoms with Crippen LogP contribution < -0.4 is 14.8 Å². The lowest BCUT2D eigenvalue weighted by molar-refractivity contribution is -0.142. The molecule has 8 heteroatoms. The lowest BCUT2D eigenvalue weighted by atomic mass is 10.0. The Hall–Kier alpha value is -3.22. The van der Waals surface area contributed by atoms with E-state index in [1.54, 1.807) is 30.2 Å². The Kier molecular flexibility index (Phi) is 10.5. The number of carbonyl (C=O) groups is 2. The van der Waals surface area contributed by atoms with Crippen LogP contribution in [0.25, 0.3) is 0 Å². The van der Waals surface area contributed by atoms with Crippen molar-refractivity contribution < 1.29 is 19.1 Å². The maximum Gasteiger partial charge on any atom is 0.261 e. The van der Waals surface area contributed by atoms with Crippen LogP contribution in [0, 0.1) is 0 Å². The smallest absolute Gasteiger partial charge is 0.261 e. The van der Waals surface area contributed by atoms with E-state index < -0.39 is 6.04 Å². The molecular formula is C28H30Cl2N2O4. The normalized spacial score (nSPS) is 11.4. The molecule has 0 saturated heterocycles. The van der Waals surface area contributed by atoms with E-state index in [4.69, 9.17) is 32.7 Å². The summed E-state index contributed by atoms with van der Waals surface area (Å²) in [6, 6.07) is 21.1. The molecule has 0 saturated carbocycles. The topological polar surface area (TPSA) is 67.9 Å². The molecule has 0 heterocycles. The summed E-state index contributed by atoms with van der Waals surface area (Å²) >= 11 is 12.2. The monoisotopic (exact) mass is 528 g/mol. The number of benzene rings is 3. The van der Waals surface area contributed by atoms with Crippen molar-refractivity contribution in [1.82, 2.24) is 10.2 Å². The maximum atomic E-state index is 13.6. The highest BCUT2D eigenvalue weighted by molar-refractivity contribution is 6.35. The van der Waals surface area contributed by atoms with Gasteiger partial charge in [-0.2, -0.15) is 0 Å². The second-order valence-electron chi connectivity index (χ2n) is 8.23.